The maximum Gasteiger partial charge on any atom is 0.262 e. The molecule has 0 aliphatic carbocycles. The van der Waals surface area contributed by atoms with Crippen molar-refractivity contribution in [3.8, 4) is 5.75 Å². The van der Waals surface area contributed by atoms with E-state index < -0.39 is 0 Å². The number of hydrogen-bond donors (Lipinski definition) is 1. The van der Waals surface area contributed by atoms with Gasteiger partial charge >= 0.3 is 0 Å². The van der Waals surface area contributed by atoms with E-state index in [1.165, 1.54) is 5.56 Å². The fraction of sp³-hybridized carbons (Fsp3) is 0.130. The van der Waals surface area contributed by atoms with E-state index in [1.807, 2.05) is 56.3 Å². The van der Waals surface area contributed by atoms with Gasteiger partial charge in [-0.2, -0.15) is 0 Å². The zero-order valence-electron chi connectivity index (χ0n) is 15.8. The van der Waals surface area contributed by atoms with Crippen LogP contribution in [0.2, 0.25) is 5.02 Å². The molecule has 4 nitrogen and oxygen atoms in total. The number of nitrogens with one attached hydrogen (secondary N) is 1. The van der Waals surface area contributed by atoms with Crippen LogP contribution in [0, 0.1) is 13.8 Å². The number of para-hydroxylation sites is 1. The molecule has 0 aliphatic rings. The van der Waals surface area contributed by atoms with Crippen molar-refractivity contribution in [3.05, 3.63) is 88.4 Å². The first kappa shape index (κ1) is 19.6. The van der Waals surface area contributed by atoms with Gasteiger partial charge in [-0.3, -0.25) is 9.79 Å². The molecule has 0 aliphatic heterocycles. The molecule has 3 aromatic carbocycles. The maximum atomic E-state index is 12.1. The summed E-state index contributed by atoms with van der Waals surface area (Å²) in [5, 5.41) is 3.36. The SMILES string of the molecule is Cc1ccc(N=Cc2cc(Cl)ccc2OCC(=O)Nc2ccccc2)c(C)c1. The van der Waals surface area contributed by atoms with Crippen LogP contribution in [0.5, 0.6) is 5.75 Å². The van der Waals surface area contributed by atoms with Gasteiger partial charge in [0.25, 0.3) is 5.91 Å². The van der Waals surface area contributed by atoms with Gasteiger partial charge in [0.15, 0.2) is 6.61 Å². The average molecular weight is 393 g/mol. The van der Waals surface area contributed by atoms with Crippen LogP contribution in [0.3, 0.4) is 0 Å². The van der Waals surface area contributed by atoms with E-state index in [0.717, 1.165) is 16.9 Å². The van der Waals surface area contributed by atoms with Gasteiger partial charge < -0.3 is 10.1 Å². The maximum absolute atomic E-state index is 12.1. The Kier molecular flexibility index (Phi) is 6.45. The second-order valence-electron chi connectivity index (χ2n) is 6.43. The minimum atomic E-state index is -0.238. The third-order valence-electron chi connectivity index (χ3n) is 4.08. The summed E-state index contributed by atoms with van der Waals surface area (Å²) in [7, 11) is 0. The number of halogens is 1. The molecule has 0 fully saturated rings. The highest BCUT2D eigenvalue weighted by Crippen LogP contribution is 2.24. The number of amides is 1. The predicted octanol–water partition coefficient (Wildman–Crippen LogP) is 5.72. The number of aryl methyl sites for hydroxylation is 2. The number of hydrogen-bond acceptors (Lipinski definition) is 3. The summed E-state index contributed by atoms with van der Waals surface area (Å²) in [6.45, 7) is 3.95. The van der Waals surface area contributed by atoms with E-state index in [9.17, 15) is 4.79 Å². The Hall–Kier alpha value is -3.11. The molecule has 28 heavy (non-hydrogen) atoms. The molecule has 1 N–H and O–H groups in total. The summed E-state index contributed by atoms with van der Waals surface area (Å²) in [4.78, 5) is 16.7. The molecule has 0 unspecified atom stereocenters. The van der Waals surface area contributed by atoms with Crippen LogP contribution in [0.15, 0.2) is 71.7 Å². The number of benzene rings is 3. The van der Waals surface area contributed by atoms with Crippen molar-refractivity contribution in [2.75, 3.05) is 11.9 Å². The van der Waals surface area contributed by atoms with Crippen LogP contribution in [-0.4, -0.2) is 18.7 Å². The van der Waals surface area contributed by atoms with E-state index in [-0.39, 0.29) is 12.5 Å². The Balaban J connectivity index is 1.71. The molecular formula is C23H21ClN2O2. The molecule has 142 valence electrons. The lowest BCUT2D eigenvalue weighted by molar-refractivity contribution is -0.118. The highest BCUT2D eigenvalue weighted by atomic mass is 35.5. The number of aliphatic imine (C=N–C) groups is 1. The second-order valence-corrected chi connectivity index (χ2v) is 6.87. The quantitative estimate of drug-likeness (QED) is 0.545. The normalized spacial score (nSPS) is 10.8. The Morgan fingerprint density at radius 2 is 1.86 bits per heavy atom. The summed E-state index contributed by atoms with van der Waals surface area (Å²) in [6.07, 6.45) is 1.70. The number of nitrogens with zero attached hydrogens (tertiary/aromatic N) is 1. The van der Waals surface area contributed by atoms with Crippen LogP contribution in [0.25, 0.3) is 0 Å². The zero-order valence-corrected chi connectivity index (χ0v) is 16.5. The number of rotatable bonds is 6. The zero-order chi connectivity index (χ0) is 19.9. The average Bonchev–Trinajstić information content (AvgIpc) is 2.67. The molecule has 0 saturated heterocycles. The van der Waals surface area contributed by atoms with Gasteiger partial charge in [0.2, 0.25) is 0 Å². The first-order valence-electron chi connectivity index (χ1n) is 8.90. The molecule has 0 heterocycles. The number of carbonyl (C=O) groups is 1. The van der Waals surface area contributed by atoms with E-state index in [4.69, 9.17) is 16.3 Å². The molecule has 0 aromatic heterocycles. The first-order valence-corrected chi connectivity index (χ1v) is 9.27. The van der Waals surface area contributed by atoms with E-state index >= 15 is 0 Å². The van der Waals surface area contributed by atoms with Crippen LogP contribution < -0.4 is 10.1 Å². The van der Waals surface area contributed by atoms with Gasteiger partial charge in [-0.1, -0.05) is 47.5 Å². The van der Waals surface area contributed by atoms with Gasteiger partial charge in [0, 0.05) is 22.5 Å². The van der Waals surface area contributed by atoms with Crippen LogP contribution in [0.4, 0.5) is 11.4 Å². The second kappa shape index (κ2) is 9.20. The fourth-order valence-corrected chi connectivity index (χ4v) is 2.88. The number of anilines is 1. The lowest BCUT2D eigenvalue weighted by Gasteiger charge is -2.10. The number of carbonyl (C=O) groups excluding carboxylic acids is 1. The Morgan fingerprint density at radius 1 is 1.07 bits per heavy atom. The smallest absolute Gasteiger partial charge is 0.262 e. The minimum Gasteiger partial charge on any atom is -0.483 e. The molecular weight excluding hydrogens is 372 g/mol. The third-order valence-corrected chi connectivity index (χ3v) is 4.32. The van der Waals surface area contributed by atoms with E-state index in [0.29, 0.717) is 16.3 Å². The lowest BCUT2D eigenvalue weighted by Crippen LogP contribution is -2.20. The molecule has 0 radical (unpaired) electrons. The molecule has 0 atom stereocenters. The Morgan fingerprint density at radius 3 is 2.61 bits per heavy atom. The molecule has 3 rings (SSSR count). The molecule has 0 spiro atoms. The van der Waals surface area contributed by atoms with Gasteiger partial charge in [-0.05, 0) is 55.8 Å². The molecule has 0 saturated carbocycles. The van der Waals surface area contributed by atoms with Crippen molar-refractivity contribution in [3.63, 3.8) is 0 Å². The van der Waals surface area contributed by atoms with E-state index in [2.05, 4.69) is 16.4 Å². The third kappa shape index (κ3) is 5.44. The van der Waals surface area contributed by atoms with Crippen molar-refractivity contribution in [1.82, 2.24) is 0 Å². The summed E-state index contributed by atoms with van der Waals surface area (Å²) in [6, 6.07) is 20.5. The number of ether oxygens (including phenoxy) is 1. The van der Waals surface area contributed by atoms with Crippen LogP contribution >= 0.6 is 11.6 Å². The molecule has 0 bridgehead atoms. The van der Waals surface area contributed by atoms with E-state index in [1.54, 1.807) is 24.4 Å². The van der Waals surface area contributed by atoms with Gasteiger partial charge in [0.05, 0.1) is 5.69 Å². The molecule has 5 heteroatoms. The Bertz CT molecular complexity index is 1000. The van der Waals surface area contributed by atoms with Crippen molar-refractivity contribution in [1.29, 1.82) is 0 Å². The fourth-order valence-electron chi connectivity index (χ4n) is 2.70. The topological polar surface area (TPSA) is 50.7 Å². The van der Waals surface area contributed by atoms with Crippen molar-refractivity contribution in [2.24, 2.45) is 4.99 Å². The Labute approximate surface area is 169 Å². The highest BCUT2D eigenvalue weighted by molar-refractivity contribution is 6.30. The van der Waals surface area contributed by atoms with Crippen molar-refractivity contribution in [2.45, 2.75) is 13.8 Å². The van der Waals surface area contributed by atoms with Crippen molar-refractivity contribution >= 4 is 35.1 Å². The van der Waals surface area contributed by atoms with Gasteiger partial charge in [-0.15, -0.1) is 0 Å². The largest absolute Gasteiger partial charge is 0.483 e. The van der Waals surface area contributed by atoms with Crippen LogP contribution in [-0.2, 0) is 4.79 Å². The predicted molar refractivity (Wildman–Crippen MR) is 115 cm³/mol. The first-order chi connectivity index (χ1) is 13.5. The lowest BCUT2D eigenvalue weighted by atomic mass is 10.1. The van der Waals surface area contributed by atoms with Crippen molar-refractivity contribution < 1.29 is 9.53 Å². The summed E-state index contributed by atoms with van der Waals surface area (Å²) >= 11 is 6.12. The monoisotopic (exact) mass is 392 g/mol. The van der Waals surface area contributed by atoms with Gasteiger partial charge in [-0.25, -0.2) is 0 Å². The minimum absolute atomic E-state index is 0.110. The molecule has 1 amide bonds. The summed E-state index contributed by atoms with van der Waals surface area (Å²) < 4.78 is 5.70. The summed E-state index contributed by atoms with van der Waals surface area (Å²) in [5.74, 6) is 0.305. The highest BCUT2D eigenvalue weighted by Gasteiger charge is 2.08. The summed E-state index contributed by atoms with van der Waals surface area (Å²) in [5.41, 5.74) is 4.58. The van der Waals surface area contributed by atoms with Crippen LogP contribution in [0.1, 0.15) is 16.7 Å². The standard InChI is InChI=1S/C23H21ClN2O2/c1-16-8-10-21(17(2)12-16)25-14-18-13-19(24)9-11-22(18)28-15-23(27)26-20-6-4-3-5-7-20/h3-14H,15H2,1-2H3,(H,26,27). The van der Waals surface area contributed by atoms with Gasteiger partial charge in [0.1, 0.15) is 5.75 Å². The molecule has 3 aromatic rings.